The lowest BCUT2D eigenvalue weighted by molar-refractivity contribution is -0.227. The zero-order valence-corrected chi connectivity index (χ0v) is 23.7. The molecule has 1 saturated heterocycles. The molecule has 1 N–H and O–H groups in total. The van der Waals surface area contributed by atoms with Crippen molar-refractivity contribution in [3.05, 3.63) is 89.3 Å². The van der Waals surface area contributed by atoms with Gasteiger partial charge in [-0.25, -0.2) is 13.3 Å². The predicted molar refractivity (Wildman–Crippen MR) is 162 cm³/mol. The number of carbonyl (C=O) groups is 1. The number of anilines is 2. The highest BCUT2D eigenvalue weighted by molar-refractivity contribution is 7.91. The Morgan fingerprint density at radius 3 is 2.25 bits per heavy atom. The number of sulfone groups is 1. The fraction of sp³-hybridized carbons (Fsp3) is 0.172. The third-order valence-corrected chi connectivity index (χ3v) is 10.8. The molecule has 1 amide bonds. The van der Waals surface area contributed by atoms with E-state index in [1.807, 2.05) is 30.3 Å². The molecule has 40 heavy (non-hydrogen) atoms. The summed E-state index contributed by atoms with van der Waals surface area (Å²) in [6.07, 6.45) is 1.79. The second-order valence-electron chi connectivity index (χ2n) is 9.38. The number of benzene rings is 2. The molecule has 8 nitrogen and oxygen atoms in total. The summed E-state index contributed by atoms with van der Waals surface area (Å²) >= 11 is 3.26. The second-order valence-corrected chi connectivity index (χ2v) is 13.9. The molecule has 0 aliphatic carbocycles. The Bertz CT molecular complexity index is 1690. The monoisotopic (exact) mass is 591 g/mol. The van der Waals surface area contributed by atoms with Gasteiger partial charge in [0.25, 0.3) is 5.91 Å². The Morgan fingerprint density at radius 1 is 0.850 bits per heavy atom. The van der Waals surface area contributed by atoms with Gasteiger partial charge < -0.3 is 4.90 Å². The summed E-state index contributed by atoms with van der Waals surface area (Å²) in [5.74, 6) is 0.123. The average molecular weight is 592 g/mol. The van der Waals surface area contributed by atoms with E-state index >= 15 is 0 Å². The molecule has 0 atom stereocenters. The first-order valence-corrected chi connectivity index (χ1v) is 16.1. The summed E-state index contributed by atoms with van der Waals surface area (Å²) in [5, 5.41) is 14.7. The first kappa shape index (κ1) is 26.6. The predicted octanol–water partition coefficient (Wildman–Crippen LogP) is 5.65. The van der Waals surface area contributed by atoms with Crippen LogP contribution in [0.25, 0.3) is 26.3 Å². The molecule has 204 valence electrons. The first-order chi connectivity index (χ1) is 19.4. The minimum atomic E-state index is -2.91. The lowest BCUT2D eigenvalue weighted by Crippen LogP contribution is -2.40. The van der Waals surface area contributed by atoms with Crippen molar-refractivity contribution >= 4 is 61.6 Å². The molecule has 2 aromatic carbocycles. The number of rotatable bonds is 7. The minimum Gasteiger partial charge on any atom is -0.369 e. The van der Waals surface area contributed by atoms with Crippen LogP contribution in [-0.2, 0) is 19.5 Å². The maximum atomic E-state index is 13.2. The quantitative estimate of drug-likeness (QED) is 0.169. The van der Waals surface area contributed by atoms with Gasteiger partial charge in [-0.3, -0.25) is 10.1 Å². The number of amides is 1. The number of hydrogen-bond donors (Lipinski definition) is 1. The SMILES string of the molecule is O=C1/C(=C\c2ccc(-c3ccc(-c4ccc(N5CCS(=O)(=O)CC5)cc4)s3)s2)C(COO)=NN1c1ccccc1. The van der Waals surface area contributed by atoms with E-state index in [9.17, 15) is 13.2 Å². The van der Waals surface area contributed by atoms with Crippen LogP contribution in [-0.4, -0.2) is 56.5 Å². The number of hydrazone groups is 1. The van der Waals surface area contributed by atoms with Crippen molar-refractivity contribution in [2.24, 2.45) is 5.10 Å². The number of para-hydroxylation sites is 1. The normalized spacial score (nSPS) is 18.0. The Labute approximate surface area is 239 Å². The summed E-state index contributed by atoms with van der Waals surface area (Å²) in [5.41, 5.74) is 3.52. The highest BCUT2D eigenvalue weighted by Crippen LogP contribution is 2.39. The first-order valence-electron chi connectivity index (χ1n) is 12.6. The van der Waals surface area contributed by atoms with Gasteiger partial charge in [0.05, 0.1) is 22.8 Å². The highest BCUT2D eigenvalue weighted by atomic mass is 32.2. The molecule has 11 heteroatoms. The Hall–Kier alpha value is -3.61. The van der Waals surface area contributed by atoms with Crippen LogP contribution in [0.5, 0.6) is 0 Å². The average Bonchev–Trinajstić information content (AvgIpc) is 3.70. The molecule has 1 fully saturated rings. The van der Waals surface area contributed by atoms with Crippen LogP contribution in [0.2, 0.25) is 0 Å². The molecule has 2 aliphatic rings. The van der Waals surface area contributed by atoms with Crippen LogP contribution in [0.15, 0.2) is 89.5 Å². The number of thiophene rings is 2. The van der Waals surface area contributed by atoms with Gasteiger partial charge in [-0.15, -0.1) is 22.7 Å². The van der Waals surface area contributed by atoms with Gasteiger partial charge in [0, 0.05) is 38.3 Å². The van der Waals surface area contributed by atoms with Crippen molar-refractivity contribution < 1.29 is 23.4 Å². The fourth-order valence-electron chi connectivity index (χ4n) is 4.65. The van der Waals surface area contributed by atoms with Crippen LogP contribution >= 0.6 is 22.7 Å². The van der Waals surface area contributed by atoms with Crippen molar-refractivity contribution in [3.8, 4) is 20.2 Å². The third kappa shape index (κ3) is 5.51. The van der Waals surface area contributed by atoms with E-state index in [2.05, 4.69) is 51.3 Å². The van der Waals surface area contributed by atoms with Crippen molar-refractivity contribution in [3.63, 3.8) is 0 Å². The van der Waals surface area contributed by atoms with Gasteiger partial charge in [-0.05, 0) is 60.2 Å². The zero-order chi connectivity index (χ0) is 27.7. The van der Waals surface area contributed by atoms with E-state index in [1.165, 1.54) is 5.01 Å². The largest absolute Gasteiger partial charge is 0.369 e. The summed E-state index contributed by atoms with van der Waals surface area (Å²) in [6, 6.07) is 25.6. The molecule has 4 aromatic rings. The van der Waals surface area contributed by atoms with E-state index in [-0.39, 0.29) is 24.0 Å². The zero-order valence-electron chi connectivity index (χ0n) is 21.3. The summed E-state index contributed by atoms with van der Waals surface area (Å²) in [4.78, 5) is 23.8. The molecule has 0 bridgehead atoms. The van der Waals surface area contributed by atoms with Crippen molar-refractivity contribution in [2.75, 3.05) is 41.1 Å². The van der Waals surface area contributed by atoms with E-state index < -0.39 is 9.84 Å². The maximum absolute atomic E-state index is 13.2. The Balaban J connectivity index is 1.19. The number of nitrogens with zero attached hydrogens (tertiary/aromatic N) is 3. The molecule has 2 aliphatic heterocycles. The van der Waals surface area contributed by atoms with Gasteiger partial charge in [0.1, 0.15) is 12.3 Å². The molecule has 0 unspecified atom stereocenters. The van der Waals surface area contributed by atoms with Crippen LogP contribution in [0.3, 0.4) is 0 Å². The fourth-order valence-corrected chi connectivity index (χ4v) is 7.91. The summed E-state index contributed by atoms with van der Waals surface area (Å²) in [7, 11) is -2.91. The molecular formula is C29H25N3O5S3. The Morgan fingerprint density at radius 2 is 1.52 bits per heavy atom. The molecule has 0 radical (unpaired) electrons. The van der Waals surface area contributed by atoms with Gasteiger partial charge >= 0.3 is 0 Å². The molecular weight excluding hydrogens is 567 g/mol. The number of carbonyl (C=O) groups excluding carboxylic acids is 1. The van der Waals surface area contributed by atoms with Gasteiger partial charge in [0.15, 0.2) is 9.84 Å². The standard InChI is InChI=1S/C29H25N3O5S3/c33-29-24(25(19-37-34)30-32(29)22-4-2-1-3-5-22)18-23-10-11-27(38-23)28-13-12-26(39-28)20-6-8-21(9-7-20)31-14-16-40(35,36)17-15-31/h1-13,18,34H,14-17,19H2/b24-18-. The van der Waals surface area contributed by atoms with Crippen LogP contribution < -0.4 is 9.91 Å². The van der Waals surface area contributed by atoms with Crippen molar-refractivity contribution in [2.45, 2.75) is 0 Å². The molecule has 0 saturated carbocycles. The van der Waals surface area contributed by atoms with Crippen molar-refractivity contribution in [1.82, 2.24) is 0 Å². The van der Waals surface area contributed by atoms with Gasteiger partial charge in [-0.1, -0.05) is 30.3 Å². The van der Waals surface area contributed by atoms with Gasteiger partial charge in [0.2, 0.25) is 0 Å². The topological polar surface area (TPSA) is 99.5 Å². The second kappa shape index (κ2) is 11.1. The lowest BCUT2D eigenvalue weighted by atomic mass is 10.1. The van der Waals surface area contributed by atoms with E-state index in [0.29, 0.717) is 30.1 Å². The van der Waals surface area contributed by atoms with Crippen LogP contribution in [0.4, 0.5) is 11.4 Å². The smallest absolute Gasteiger partial charge is 0.280 e. The Kier molecular flexibility index (Phi) is 7.39. The number of hydrogen-bond acceptors (Lipinski definition) is 9. The molecule has 2 aromatic heterocycles. The molecule has 4 heterocycles. The van der Waals surface area contributed by atoms with E-state index in [4.69, 9.17) is 5.26 Å². The molecule has 6 rings (SSSR count). The van der Waals surface area contributed by atoms with Crippen LogP contribution in [0, 0.1) is 0 Å². The van der Waals surface area contributed by atoms with Gasteiger partial charge in [-0.2, -0.15) is 10.1 Å². The summed E-state index contributed by atoms with van der Waals surface area (Å²) < 4.78 is 23.5. The maximum Gasteiger partial charge on any atom is 0.280 e. The third-order valence-electron chi connectivity index (χ3n) is 6.78. The lowest BCUT2D eigenvalue weighted by Gasteiger charge is -2.28. The van der Waals surface area contributed by atoms with Crippen LogP contribution in [0.1, 0.15) is 4.88 Å². The minimum absolute atomic E-state index is 0.191. The van der Waals surface area contributed by atoms with E-state index in [0.717, 1.165) is 30.8 Å². The van der Waals surface area contributed by atoms with Crippen molar-refractivity contribution in [1.29, 1.82) is 0 Å². The molecule has 0 spiro atoms. The van der Waals surface area contributed by atoms with E-state index in [1.54, 1.807) is 40.9 Å². The highest BCUT2D eigenvalue weighted by Gasteiger charge is 2.31. The summed E-state index contributed by atoms with van der Waals surface area (Å²) in [6.45, 7) is 0.860.